The molecule has 1 aliphatic rings. The normalized spacial score (nSPS) is 14.7. The lowest BCUT2D eigenvalue weighted by Crippen LogP contribution is -2.49. The van der Waals surface area contributed by atoms with Crippen molar-refractivity contribution in [3.63, 3.8) is 0 Å². The molecule has 9 nitrogen and oxygen atoms in total. The Morgan fingerprint density at radius 2 is 1.97 bits per heavy atom. The summed E-state index contributed by atoms with van der Waals surface area (Å²) < 4.78 is 11.6. The molecule has 0 fully saturated rings. The molecule has 37 heavy (non-hydrogen) atoms. The summed E-state index contributed by atoms with van der Waals surface area (Å²) in [5.41, 5.74) is 0.495. The first-order valence-corrected chi connectivity index (χ1v) is 11.4. The second kappa shape index (κ2) is 10.4. The van der Waals surface area contributed by atoms with Crippen LogP contribution in [-0.2, 0) is 4.79 Å². The number of hydrogen-bond acceptors (Lipinski definition) is 7. The van der Waals surface area contributed by atoms with Crippen molar-refractivity contribution in [3.8, 4) is 35.2 Å². The minimum absolute atomic E-state index is 0.0512. The van der Waals surface area contributed by atoms with Crippen molar-refractivity contribution in [3.05, 3.63) is 77.6 Å². The molecule has 2 amide bonds. The molecule has 4 rings (SSSR count). The fourth-order valence-corrected chi connectivity index (χ4v) is 3.51. The van der Waals surface area contributed by atoms with Crippen molar-refractivity contribution in [2.75, 3.05) is 18.6 Å². The Balaban J connectivity index is 1.48. The summed E-state index contributed by atoms with van der Waals surface area (Å²) in [4.78, 5) is 31.5. The van der Waals surface area contributed by atoms with Crippen LogP contribution < -0.4 is 19.7 Å². The highest BCUT2D eigenvalue weighted by molar-refractivity contribution is 6.03. The zero-order chi connectivity index (χ0) is 26.6. The van der Waals surface area contributed by atoms with E-state index in [4.69, 9.17) is 14.7 Å². The number of rotatable bonds is 4. The van der Waals surface area contributed by atoms with E-state index in [1.165, 1.54) is 17.2 Å². The van der Waals surface area contributed by atoms with Gasteiger partial charge in [-0.1, -0.05) is 17.9 Å². The molecular weight excluding hydrogens is 472 g/mol. The smallest absolute Gasteiger partial charge is 0.270 e. The lowest BCUT2D eigenvalue weighted by Gasteiger charge is -2.20. The first-order valence-electron chi connectivity index (χ1n) is 11.4. The number of aromatic nitrogens is 1. The van der Waals surface area contributed by atoms with Gasteiger partial charge in [0, 0.05) is 24.9 Å². The summed E-state index contributed by atoms with van der Waals surface area (Å²) in [6, 6.07) is 15.8. The Labute approximate surface area is 214 Å². The van der Waals surface area contributed by atoms with Gasteiger partial charge in [-0.2, -0.15) is 5.26 Å². The van der Waals surface area contributed by atoms with Crippen LogP contribution in [0.5, 0.6) is 17.2 Å². The first-order chi connectivity index (χ1) is 17.6. The lowest BCUT2D eigenvalue weighted by atomic mass is 10.1. The van der Waals surface area contributed by atoms with Gasteiger partial charge in [0.15, 0.2) is 0 Å². The molecule has 0 aliphatic carbocycles. The van der Waals surface area contributed by atoms with E-state index in [2.05, 4.69) is 22.1 Å². The van der Waals surface area contributed by atoms with Crippen LogP contribution in [0.15, 0.2) is 60.8 Å². The van der Waals surface area contributed by atoms with Crippen LogP contribution in [0.3, 0.4) is 0 Å². The molecule has 0 bridgehead atoms. The van der Waals surface area contributed by atoms with Crippen LogP contribution in [0.25, 0.3) is 0 Å². The molecule has 3 aromatic rings. The Morgan fingerprint density at radius 3 is 2.73 bits per heavy atom. The highest BCUT2D eigenvalue weighted by atomic mass is 16.5. The molecule has 0 radical (unpaired) electrons. The van der Waals surface area contributed by atoms with E-state index in [0.29, 0.717) is 34.1 Å². The van der Waals surface area contributed by atoms with Gasteiger partial charge >= 0.3 is 0 Å². The number of hydrogen-bond donors (Lipinski definition) is 2. The largest absolute Gasteiger partial charge is 0.489 e. The van der Waals surface area contributed by atoms with E-state index < -0.39 is 17.6 Å². The molecule has 2 N–H and O–H groups in total. The molecule has 9 heteroatoms. The van der Waals surface area contributed by atoms with Gasteiger partial charge in [-0.3, -0.25) is 14.6 Å². The molecule has 0 saturated carbocycles. The number of aliphatic hydroxyl groups is 1. The molecule has 1 aromatic heterocycles. The number of anilines is 1. The molecule has 0 saturated heterocycles. The van der Waals surface area contributed by atoms with E-state index >= 15 is 0 Å². The zero-order valence-electron chi connectivity index (χ0n) is 20.5. The lowest BCUT2D eigenvalue weighted by molar-refractivity contribution is -0.120. The Hall–Kier alpha value is -4.86. The third-order valence-electron chi connectivity index (χ3n) is 5.34. The van der Waals surface area contributed by atoms with Gasteiger partial charge in [0.25, 0.3) is 11.8 Å². The summed E-state index contributed by atoms with van der Waals surface area (Å²) in [5, 5.41) is 21.6. The number of carbonyl (C=O) groups excluding carboxylic acids is 2. The minimum Gasteiger partial charge on any atom is -0.489 e. The maximum Gasteiger partial charge on any atom is 0.270 e. The summed E-state index contributed by atoms with van der Waals surface area (Å²) in [6.45, 7) is 3.08. The van der Waals surface area contributed by atoms with Crippen LogP contribution in [0.2, 0.25) is 0 Å². The van der Waals surface area contributed by atoms with Crippen molar-refractivity contribution < 1.29 is 24.2 Å². The van der Waals surface area contributed by atoms with Crippen molar-refractivity contribution in [2.45, 2.75) is 25.5 Å². The number of ether oxygens (including phenoxy) is 2. The molecule has 0 unspecified atom stereocenters. The molecule has 0 spiro atoms. The van der Waals surface area contributed by atoms with Crippen molar-refractivity contribution >= 4 is 17.5 Å². The van der Waals surface area contributed by atoms with Gasteiger partial charge < -0.3 is 24.8 Å². The van der Waals surface area contributed by atoms with E-state index in [0.717, 1.165) is 0 Å². The average molecular weight is 497 g/mol. The Morgan fingerprint density at radius 1 is 1.19 bits per heavy atom. The van der Waals surface area contributed by atoms with E-state index in [1.54, 1.807) is 69.4 Å². The van der Waals surface area contributed by atoms with Crippen LogP contribution in [0.1, 0.15) is 35.5 Å². The van der Waals surface area contributed by atoms with E-state index in [1.807, 2.05) is 6.07 Å². The Kier molecular flexibility index (Phi) is 7.10. The van der Waals surface area contributed by atoms with Crippen LogP contribution in [-0.4, -0.2) is 47.2 Å². The SMILES string of the molecule is CN1C(=O)[C@@H](NC(=O)c2cc(Oc3cccc(C#N)c3)ccn2)COc2cc(C#CC(C)(C)O)ccc21. The standard InChI is InChI=1S/C28H24N4O5/c1-28(2,35)11-9-18-7-8-24-25(14-18)36-17-23(27(34)32(24)3)31-26(33)22-15-21(10-12-30-22)37-20-6-4-5-19(13-20)16-29/h4-8,10,12-15,23,35H,17H2,1-3H3,(H,31,33)/t23-/m0/s1. The summed E-state index contributed by atoms with van der Waals surface area (Å²) in [5.74, 6) is 5.92. The minimum atomic E-state index is -1.15. The molecule has 2 heterocycles. The molecule has 2 aromatic carbocycles. The Bertz CT molecular complexity index is 1460. The fraction of sp³-hybridized carbons (Fsp3) is 0.214. The maximum absolute atomic E-state index is 13.1. The van der Waals surface area contributed by atoms with Crippen LogP contribution in [0.4, 0.5) is 5.69 Å². The fourth-order valence-electron chi connectivity index (χ4n) is 3.51. The second-order valence-electron chi connectivity index (χ2n) is 8.84. The zero-order valence-corrected chi connectivity index (χ0v) is 20.5. The van der Waals surface area contributed by atoms with Crippen molar-refractivity contribution in [1.29, 1.82) is 5.26 Å². The van der Waals surface area contributed by atoms with Gasteiger partial charge in [-0.05, 0) is 56.3 Å². The molecule has 186 valence electrons. The quantitative estimate of drug-likeness (QED) is 0.532. The van der Waals surface area contributed by atoms with E-state index in [-0.39, 0.29) is 18.2 Å². The van der Waals surface area contributed by atoms with E-state index in [9.17, 15) is 14.7 Å². The number of pyridine rings is 1. The number of nitriles is 1. The highest BCUT2D eigenvalue weighted by Gasteiger charge is 2.31. The molecular formula is C28H24N4O5. The second-order valence-corrected chi connectivity index (χ2v) is 8.84. The number of nitrogens with one attached hydrogen (secondary N) is 1. The topological polar surface area (TPSA) is 125 Å². The molecule has 1 aliphatic heterocycles. The third-order valence-corrected chi connectivity index (χ3v) is 5.34. The van der Waals surface area contributed by atoms with Gasteiger partial charge in [-0.25, -0.2) is 0 Å². The monoisotopic (exact) mass is 496 g/mol. The van der Waals surface area contributed by atoms with Gasteiger partial charge in [0.1, 0.15) is 41.2 Å². The maximum atomic E-state index is 13.1. The van der Waals surface area contributed by atoms with Crippen LogP contribution in [0, 0.1) is 23.2 Å². The van der Waals surface area contributed by atoms with Crippen molar-refractivity contribution in [1.82, 2.24) is 10.3 Å². The van der Waals surface area contributed by atoms with Gasteiger partial charge in [0.2, 0.25) is 0 Å². The number of fused-ring (bicyclic) bond motifs is 1. The number of benzene rings is 2. The predicted octanol–water partition coefficient (Wildman–Crippen LogP) is 3.02. The highest BCUT2D eigenvalue weighted by Crippen LogP contribution is 2.31. The first kappa shape index (κ1) is 25.2. The summed E-state index contributed by atoms with van der Waals surface area (Å²) in [7, 11) is 1.60. The van der Waals surface area contributed by atoms with Crippen LogP contribution >= 0.6 is 0 Å². The predicted molar refractivity (Wildman–Crippen MR) is 135 cm³/mol. The average Bonchev–Trinajstić information content (AvgIpc) is 2.99. The third kappa shape index (κ3) is 6.23. The van der Waals surface area contributed by atoms with Gasteiger partial charge in [-0.15, -0.1) is 0 Å². The summed E-state index contributed by atoms with van der Waals surface area (Å²) >= 11 is 0. The molecule has 1 atom stereocenters. The van der Waals surface area contributed by atoms with Crippen molar-refractivity contribution in [2.24, 2.45) is 0 Å². The number of likely N-dealkylation sites (N-methyl/N-ethyl adjacent to an activating group) is 1. The number of carbonyl (C=O) groups is 2. The summed E-state index contributed by atoms with van der Waals surface area (Å²) in [6.07, 6.45) is 1.42. The number of nitrogens with zero attached hydrogens (tertiary/aromatic N) is 3. The number of amides is 2. The van der Waals surface area contributed by atoms with Gasteiger partial charge in [0.05, 0.1) is 17.3 Å².